The van der Waals surface area contributed by atoms with Crippen LogP contribution in [0.4, 0.5) is 5.82 Å². The van der Waals surface area contributed by atoms with E-state index in [0.29, 0.717) is 55.1 Å². The zero-order chi connectivity index (χ0) is 26.4. The predicted octanol–water partition coefficient (Wildman–Crippen LogP) is 6.27. The smallest absolute Gasteiger partial charge is 0.189 e. The lowest BCUT2D eigenvalue weighted by Gasteiger charge is -2.34. The number of benzene rings is 2. The van der Waals surface area contributed by atoms with E-state index in [1.54, 1.807) is 47.6 Å². The summed E-state index contributed by atoms with van der Waals surface area (Å²) < 4.78 is 8.09. The number of aromatic nitrogens is 4. The summed E-state index contributed by atoms with van der Waals surface area (Å²) in [6.45, 7) is 3.67. The second-order valence-corrected chi connectivity index (χ2v) is 10.3. The molecule has 1 atom stereocenters. The van der Waals surface area contributed by atoms with Gasteiger partial charge in [-0.3, -0.25) is 4.98 Å². The molecule has 6 rings (SSSR count). The van der Waals surface area contributed by atoms with Gasteiger partial charge in [0.2, 0.25) is 0 Å². The van der Waals surface area contributed by atoms with Crippen molar-refractivity contribution in [1.82, 2.24) is 19.5 Å². The van der Waals surface area contributed by atoms with Crippen LogP contribution in [-0.2, 0) is 12.6 Å². The van der Waals surface area contributed by atoms with E-state index in [4.69, 9.17) is 32.9 Å². The number of halogens is 2. The minimum absolute atomic E-state index is 0.420. The van der Waals surface area contributed by atoms with Crippen molar-refractivity contribution in [3.8, 4) is 11.5 Å². The topological polar surface area (TPSA) is 76.3 Å². The van der Waals surface area contributed by atoms with Crippen LogP contribution in [0, 0.1) is 6.92 Å². The van der Waals surface area contributed by atoms with Gasteiger partial charge in [-0.1, -0.05) is 35.3 Å². The number of rotatable bonds is 6. The number of nitrogens with zero attached hydrogens (tertiary/aromatic N) is 5. The monoisotopic (exact) mass is 545 g/mol. The first-order valence-electron chi connectivity index (χ1n) is 12.3. The molecule has 0 radical (unpaired) electrons. The lowest BCUT2D eigenvalue weighted by Crippen LogP contribution is -2.38. The Bertz CT molecular complexity index is 1630. The summed E-state index contributed by atoms with van der Waals surface area (Å²) in [6, 6.07) is 16.5. The number of hydrogen-bond acceptors (Lipinski definition) is 6. The normalized spacial score (nSPS) is 14.8. The highest BCUT2D eigenvalue weighted by atomic mass is 35.5. The number of imidazole rings is 1. The first-order valence-corrected chi connectivity index (χ1v) is 13.0. The van der Waals surface area contributed by atoms with E-state index in [-0.39, 0.29) is 0 Å². The summed E-state index contributed by atoms with van der Waals surface area (Å²) in [4.78, 5) is 15.8. The molecular weight excluding hydrogens is 521 g/mol. The minimum atomic E-state index is -1.53. The predicted molar refractivity (Wildman–Crippen MR) is 149 cm³/mol. The van der Waals surface area contributed by atoms with Crippen LogP contribution < -0.4 is 9.64 Å². The molecule has 7 nitrogen and oxygen atoms in total. The van der Waals surface area contributed by atoms with E-state index in [1.807, 2.05) is 44.3 Å². The van der Waals surface area contributed by atoms with Crippen LogP contribution in [0.15, 0.2) is 73.3 Å². The maximum absolute atomic E-state index is 12.3. The molecule has 2 aromatic carbocycles. The average Bonchev–Trinajstić information content (AvgIpc) is 3.32. The Labute approximate surface area is 230 Å². The maximum Gasteiger partial charge on any atom is 0.189 e. The molecule has 4 heterocycles. The highest BCUT2D eigenvalue weighted by molar-refractivity contribution is 6.37. The maximum atomic E-state index is 12.3. The van der Waals surface area contributed by atoms with E-state index in [1.165, 1.54) is 0 Å². The Morgan fingerprint density at radius 1 is 0.974 bits per heavy atom. The Hall–Kier alpha value is -3.65. The SMILES string of the molecule is Cc1ccc(C(O)(c2ccc3nc(N4CCC4)c(Oc4ccc(Cl)cc4)c(Cl)c3c2)c2cncn2C)cn1. The second kappa shape index (κ2) is 9.58. The zero-order valence-electron chi connectivity index (χ0n) is 20.9. The van der Waals surface area contributed by atoms with Crippen LogP contribution in [0.1, 0.15) is 28.9 Å². The third-order valence-corrected chi connectivity index (χ3v) is 7.61. The molecule has 192 valence electrons. The fraction of sp³-hybridized carbons (Fsp3) is 0.207. The lowest BCUT2D eigenvalue weighted by atomic mass is 9.83. The molecule has 38 heavy (non-hydrogen) atoms. The van der Waals surface area contributed by atoms with Gasteiger partial charge in [-0.2, -0.15) is 0 Å². The zero-order valence-corrected chi connectivity index (χ0v) is 22.4. The molecule has 1 unspecified atom stereocenters. The van der Waals surface area contributed by atoms with Crippen LogP contribution in [-0.4, -0.2) is 37.7 Å². The first kappa shape index (κ1) is 24.7. The molecule has 1 aliphatic rings. The van der Waals surface area contributed by atoms with Crippen molar-refractivity contribution in [2.75, 3.05) is 18.0 Å². The molecule has 9 heteroatoms. The van der Waals surface area contributed by atoms with Gasteiger partial charge in [0.05, 0.1) is 28.8 Å². The first-order chi connectivity index (χ1) is 18.3. The molecule has 0 amide bonds. The molecule has 0 saturated carbocycles. The Balaban J connectivity index is 1.54. The quantitative estimate of drug-likeness (QED) is 0.271. The van der Waals surface area contributed by atoms with Gasteiger partial charge in [0.25, 0.3) is 0 Å². The number of ether oxygens (including phenoxy) is 1. The van der Waals surface area contributed by atoms with E-state index in [2.05, 4.69) is 14.9 Å². The highest BCUT2D eigenvalue weighted by Crippen LogP contribution is 2.45. The van der Waals surface area contributed by atoms with E-state index >= 15 is 0 Å². The van der Waals surface area contributed by atoms with Gasteiger partial charge >= 0.3 is 0 Å². The molecule has 1 fully saturated rings. The molecule has 1 N–H and O–H groups in total. The van der Waals surface area contributed by atoms with Crippen LogP contribution in [0.5, 0.6) is 11.5 Å². The molecule has 3 aromatic heterocycles. The van der Waals surface area contributed by atoms with Crippen molar-refractivity contribution in [2.45, 2.75) is 18.9 Å². The number of aryl methyl sites for hydroxylation is 2. The fourth-order valence-electron chi connectivity index (χ4n) is 4.72. The molecule has 5 aromatic rings. The largest absolute Gasteiger partial charge is 0.452 e. The standard InChI is InChI=1S/C29H25Cl2N5O2/c1-18-4-5-20(15-33-18)29(37,25-16-32-17-35(25)2)19-6-11-24-23(14-19)26(31)27(28(34-24)36-12-3-13-36)38-22-9-7-21(30)8-10-22/h4-11,14-17,37H,3,12-13H2,1-2H3. The van der Waals surface area contributed by atoms with Crippen LogP contribution in [0.25, 0.3) is 10.9 Å². The number of pyridine rings is 2. The van der Waals surface area contributed by atoms with Crippen molar-refractivity contribution < 1.29 is 9.84 Å². The average molecular weight is 546 g/mol. The van der Waals surface area contributed by atoms with Gasteiger partial charge in [0.1, 0.15) is 5.75 Å². The third kappa shape index (κ3) is 4.17. The van der Waals surface area contributed by atoms with Crippen molar-refractivity contribution in [1.29, 1.82) is 0 Å². The summed E-state index contributed by atoms with van der Waals surface area (Å²) >= 11 is 13.1. The summed E-state index contributed by atoms with van der Waals surface area (Å²) in [5.41, 5.74) is 1.85. The van der Waals surface area contributed by atoms with Gasteiger partial charge < -0.3 is 19.3 Å². The summed E-state index contributed by atoms with van der Waals surface area (Å²) in [5.74, 6) is 1.77. The number of fused-ring (bicyclic) bond motifs is 1. The number of hydrogen-bond donors (Lipinski definition) is 1. The van der Waals surface area contributed by atoms with Crippen molar-refractivity contribution in [2.24, 2.45) is 7.05 Å². The number of anilines is 1. The molecular formula is C29H25Cl2N5O2. The molecule has 1 saturated heterocycles. The minimum Gasteiger partial charge on any atom is -0.452 e. The van der Waals surface area contributed by atoms with Gasteiger partial charge in [0.15, 0.2) is 17.2 Å². The van der Waals surface area contributed by atoms with Crippen LogP contribution >= 0.6 is 23.2 Å². The van der Waals surface area contributed by atoms with Crippen molar-refractivity contribution in [3.63, 3.8) is 0 Å². The van der Waals surface area contributed by atoms with Crippen LogP contribution in [0.3, 0.4) is 0 Å². The molecule has 1 aliphatic heterocycles. The van der Waals surface area contributed by atoms with E-state index < -0.39 is 5.60 Å². The lowest BCUT2D eigenvalue weighted by molar-refractivity contribution is 0.117. The Morgan fingerprint density at radius 2 is 1.74 bits per heavy atom. The van der Waals surface area contributed by atoms with Gasteiger partial charge in [0, 0.05) is 48.0 Å². The van der Waals surface area contributed by atoms with E-state index in [0.717, 1.165) is 25.2 Å². The molecule has 0 aliphatic carbocycles. The summed E-state index contributed by atoms with van der Waals surface area (Å²) in [6.07, 6.45) is 6.09. The fourth-order valence-corrected chi connectivity index (χ4v) is 5.12. The van der Waals surface area contributed by atoms with Crippen LogP contribution in [0.2, 0.25) is 10.0 Å². The van der Waals surface area contributed by atoms with E-state index in [9.17, 15) is 5.11 Å². The summed E-state index contributed by atoms with van der Waals surface area (Å²) in [7, 11) is 1.85. The van der Waals surface area contributed by atoms with Gasteiger partial charge in [-0.15, -0.1) is 0 Å². The highest BCUT2D eigenvalue weighted by Gasteiger charge is 2.37. The van der Waals surface area contributed by atoms with Crippen molar-refractivity contribution >= 4 is 39.9 Å². The second-order valence-electron chi connectivity index (χ2n) is 9.50. The Kier molecular flexibility index (Phi) is 6.22. The molecule has 0 spiro atoms. The van der Waals surface area contributed by atoms with Gasteiger partial charge in [-0.25, -0.2) is 9.97 Å². The van der Waals surface area contributed by atoms with Crippen molar-refractivity contribution in [3.05, 3.63) is 106 Å². The van der Waals surface area contributed by atoms with Gasteiger partial charge in [-0.05, 0) is 61.4 Å². The third-order valence-electron chi connectivity index (χ3n) is 6.99. The number of aliphatic hydroxyl groups is 1. The summed E-state index contributed by atoms with van der Waals surface area (Å²) in [5, 5.41) is 14.0. The molecule has 0 bridgehead atoms. The Morgan fingerprint density at radius 3 is 2.37 bits per heavy atom.